The lowest BCUT2D eigenvalue weighted by molar-refractivity contribution is -0.141. The normalized spacial score (nSPS) is 23.6. The summed E-state index contributed by atoms with van der Waals surface area (Å²) >= 11 is 0. The highest BCUT2D eigenvalue weighted by Crippen LogP contribution is 2.17. The summed E-state index contributed by atoms with van der Waals surface area (Å²) in [6.45, 7) is 0. The number of rotatable bonds is 2. The van der Waals surface area contributed by atoms with Gasteiger partial charge in [0.15, 0.2) is 0 Å². The van der Waals surface area contributed by atoms with Gasteiger partial charge in [0, 0.05) is 18.2 Å². The molecule has 0 bridgehead atoms. The Morgan fingerprint density at radius 2 is 1.35 bits per heavy atom. The number of hydrazine groups is 1. The van der Waals surface area contributed by atoms with Gasteiger partial charge in [-0.05, 0) is 12.8 Å². The zero-order valence-electron chi connectivity index (χ0n) is 10.2. The molecule has 1 aliphatic heterocycles. The van der Waals surface area contributed by atoms with E-state index in [0.717, 1.165) is 17.9 Å². The molecular weight excluding hydrogens is 216 g/mol. The zero-order valence-corrected chi connectivity index (χ0v) is 10.2. The van der Waals surface area contributed by atoms with Crippen molar-refractivity contribution in [3.05, 3.63) is 12.2 Å². The van der Waals surface area contributed by atoms with Gasteiger partial charge in [-0.3, -0.25) is 9.59 Å². The van der Waals surface area contributed by atoms with E-state index in [4.69, 9.17) is 0 Å². The lowest BCUT2D eigenvalue weighted by Crippen LogP contribution is -2.48. The number of hydrogen-bond acceptors (Lipinski definition) is 3. The van der Waals surface area contributed by atoms with Gasteiger partial charge in [-0.1, -0.05) is 38.5 Å². The predicted molar refractivity (Wildman–Crippen MR) is 64.9 cm³/mol. The minimum absolute atomic E-state index is 0.241. The van der Waals surface area contributed by atoms with Crippen LogP contribution in [0.4, 0.5) is 0 Å². The molecule has 1 N–H and O–H groups in total. The molecule has 2 amide bonds. The highest BCUT2D eigenvalue weighted by atomic mass is 16.2. The second-order valence-electron chi connectivity index (χ2n) is 4.87. The van der Waals surface area contributed by atoms with Crippen molar-refractivity contribution in [2.75, 3.05) is 0 Å². The maximum absolute atomic E-state index is 11.4. The predicted octanol–water partition coefficient (Wildman–Crippen LogP) is 1.92. The monoisotopic (exact) mass is 236 g/mol. The fourth-order valence-corrected chi connectivity index (χ4v) is 2.47. The van der Waals surface area contributed by atoms with E-state index in [-0.39, 0.29) is 17.9 Å². The van der Waals surface area contributed by atoms with Crippen LogP contribution < -0.4 is 5.43 Å². The molecule has 0 aromatic heterocycles. The van der Waals surface area contributed by atoms with Crippen LogP contribution in [0, 0.1) is 0 Å². The Kier molecular flexibility index (Phi) is 4.31. The fourth-order valence-electron chi connectivity index (χ4n) is 2.47. The summed E-state index contributed by atoms with van der Waals surface area (Å²) in [5.74, 6) is -0.482. The Morgan fingerprint density at radius 1 is 0.882 bits per heavy atom. The lowest BCUT2D eigenvalue weighted by Gasteiger charge is -2.23. The largest absolute Gasteiger partial charge is 0.268 e. The third-order valence-electron chi connectivity index (χ3n) is 3.48. The van der Waals surface area contributed by atoms with E-state index in [0.29, 0.717) is 0 Å². The Hall–Kier alpha value is -1.16. The van der Waals surface area contributed by atoms with Crippen LogP contribution in [0.25, 0.3) is 0 Å². The van der Waals surface area contributed by atoms with E-state index in [1.54, 1.807) is 0 Å². The average Bonchev–Trinajstić information content (AvgIpc) is 2.69. The summed E-state index contributed by atoms with van der Waals surface area (Å²) in [5, 5.41) is 1.16. The molecule has 1 saturated carbocycles. The van der Waals surface area contributed by atoms with Crippen LogP contribution in [0.5, 0.6) is 0 Å². The Bertz CT molecular complexity index is 297. The minimum Gasteiger partial charge on any atom is -0.268 e. The molecule has 0 radical (unpaired) electrons. The van der Waals surface area contributed by atoms with Crippen molar-refractivity contribution in [2.24, 2.45) is 0 Å². The van der Waals surface area contributed by atoms with Gasteiger partial charge in [0.05, 0.1) is 0 Å². The summed E-state index contributed by atoms with van der Waals surface area (Å²) in [6.07, 6.45) is 12.3. The van der Waals surface area contributed by atoms with Crippen molar-refractivity contribution in [1.29, 1.82) is 0 Å². The van der Waals surface area contributed by atoms with Crippen LogP contribution in [0.2, 0.25) is 0 Å². The van der Waals surface area contributed by atoms with Crippen LogP contribution in [0.15, 0.2) is 12.2 Å². The molecule has 0 saturated heterocycles. The van der Waals surface area contributed by atoms with Crippen LogP contribution in [0.3, 0.4) is 0 Å². The molecule has 1 fully saturated rings. The second-order valence-corrected chi connectivity index (χ2v) is 4.87. The molecule has 4 nitrogen and oxygen atoms in total. The third-order valence-corrected chi connectivity index (χ3v) is 3.48. The molecule has 0 aromatic rings. The summed E-state index contributed by atoms with van der Waals surface area (Å²) in [5.41, 5.74) is 3.08. The second kappa shape index (κ2) is 5.96. The number of nitrogens with one attached hydrogen (secondary N) is 1. The Labute approximate surface area is 102 Å². The van der Waals surface area contributed by atoms with Crippen LogP contribution >= 0.6 is 0 Å². The van der Waals surface area contributed by atoms with E-state index in [2.05, 4.69) is 5.43 Å². The SMILES string of the molecule is O=C1C=CC(=O)N1NC1CCCCCCCC1. The quantitative estimate of drug-likeness (QED) is 0.745. The fraction of sp³-hybridized carbons (Fsp3) is 0.692. The van der Waals surface area contributed by atoms with Gasteiger partial charge in [-0.15, -0.1) is 0 Å². The first-order chi connectivity index (χ1) is 8.27. The van der Waals surface area contributed by atoms with Gasteiger partial charge in [-0.25, -0.2) is 10.4 Å². The first-order valence-corrected chi connectivity index (χ1v) is 6.59. The van der Waals surface area contributed by atoms with Crippen LogP contribution in [-0.2, 0) is 9.59 Å². The molecular formula is C13H20N2O2. The van der Waals surface area contributed by atoms with Gasteiger partial charge >= 0.3 is 0 Å². The number of carbonyl (C=O) groups excluding carboxylic acids is 2. The standard InChI is InChI=1S/C13H20N2O2/c16-12-9-10-13(17)15(12)14-11-7-5-3-1-2-4-6-8-11/h9-11,14H,1-8H2. The van der Waals surface area contributed by atoms with E-state index < -0.39 is 0 Å². The zero-order chi connectivity index (χ0) is 12.1. The number of imide groups is 1. The lowest BCUT2D eigenvalue weighted by atomic mass is 10.1. The van der Waals surface area contributed by atoms with Gasteiger partial charge in [0.2, 0.25) is 0 Å². The van der Waals surface area contributed by atoms with Gasteiger partial charge < -0.3 is 0 Å². The molecule has 0 unspecified atom stereocenters. The number of nitrogens with zero attached hydrogens (tertiary/aromatic N) is 1. The van der Waals surface area contributed by atoms with Gasteiger partial charge in [0.25, 0.3) is 11.8 Å². The van der Waals surface area contributed by atoms with Crippen molar-refractivity contribution in [3.8, 4) is 0 Å². The first-order valence-electron chi connectivity index (χ1n) is 6.59. The third kappa shape index (κ3) is 3.40. The Balaban J connectivity index is 1.87. The summed E-state index contributed by atoms with van der Waals surface area (Å²) < 4.78 is 0. The van der Waals surface area contributed by atoms with Crippen molar-refractivity contribution in [1.82, 2.24) is 10.4 Å². The maximum atomic E-state index is 11.4. The Morgan fingerprint density at radius 3 is 1.88 bits per heavy atom. The number of carbonyl (C=O) groups is 2. The maximum Gasteiger partial charge on any atom is 0.268 e. The number of amides is 2. The molecule has 0 atom stereocenters. The smallest absolute Gasteiger partial charge is 0.268 e. The number of hydrogen-bond donors (Lipinski definition) is 1. The van der Waals surface area contributed by atoms with Crippen molar-refractivity contribution >= 4 is 11.8 Å². The van der Waals surface area contributed by atoms with E-state index in [1.807, 2.05) is 0 Å². The molecule has 0 aromatic carbocycles. The minimum atomic E-state index is -0.241. The molecule has 94 valence electrons. The van der Waals surface area contributed by atoms with Gasteiger partial charge in [-0.2, -0.15) is 0 Å². The molecule has 4 heteroatoms. The highest BCUT2D eigenvalue weighted by molar-refractivity contribution is 6.12. The highest BCUT2D eigenvalue weighted by Gasteiger charge is 2.25. The molecule has 2 rings (SSSR count). The van der Waals surface area contributed by atoms with E-state index in [1.165, 1.54) is 50.7 Å². The van der Waals surface area contributed by atoms with Crippen molar-refractivity contribution in [2.45, 2.75) is 57.4 Å². The van der Waals surface area contributed by atoms with Crippen molar-refractivity contribution in [3.63, 3.8) is 0 Å². The molecule has 1 heterocycles. The van der Waals surface area contributed by atoms with Gasteiger partial charge in [0.1, 0.15) is 0 Å². The van der Waals surface area contributed by atoms with Crippen LogP contribution in [-0.4, -0.2) is 22.9 Å². The molecule has 0 spiro atoms. The first kappa shape index (κ1) is 12.3. The summed E-state index contributed by atoms with van der Waals surface area (Å²) in [7, 11) is 0. The van der Waals surface area contributed by atoms with E-state index >= 15 is 0 Å². The molecule has 1 aliphatic carbocycles. The topological polar surface area (TPSA) is 49.4 Å². The molecule has 2 aliphatic rings. The van der Waals surface area contributed by atoms with Crippen LogP contribution in [0.1, 0.15) is 51.4 Å². The van der Waals surface area contributed by atoms with E-state index in [9.17, 15) is 9.59 Å². The van der Waals surface area contributed by atoms with Crippen molar-refractivity contribution < 1.29 is 9.59 Å². The average molecular weight is 236 g/mol. The molecule has 17 heavy (non-hydrogen) atoms. The summed E-state index contributed by atoms with van der Waals surface area (Å²) in [6, 6.07) is 0.265. The summed E-state index contributed by atoms with van der Waals surface area (Å²) in [4.78, 5) is 22.9.